The minimum absolute atomic E-state index is 0.0944. The van der Waals surface area contributed by atoms with Gasteiger partial charge in [-0.15, -0.1) is 0 Å². The van der Waals surface area contributed by atoms with Gasteiger partial charge in [0, 0.05) is 41.4 Å². The van der Waals surface area contributed by atoms with Crippen molar-refractivity contribution in [1.82, 2.24) is 10.6 Å². The molecule has 3 saturated heterocycles. The molecule has 0 bridgehead atoms. The third-order valence-electron chi connectivity index (χ3n) is 8.61. The Morgan fingerprint density at radius 3 is 1.42 bits per heavy atom. The second-order valence-corrected chi connectivity index (χ2v) is 14.1. The maximum atomic E-state index is 7.48. The molecule has 3 aliphatic heterocycles. The summed E-state index contributed by atoms with van der Waals surface area (Å²) in [5.41, 5.74) is 0.401. The van der Waals surface area contributed by atoms with Gasteiger partial charge in [0.25, 0.3) is 0 Å². The third-order valence-corrected chi connectivity index (χ3v) is 8.61. The van der Waals surface area contributed by atoms with Gasteiger partial charge in [-0.1, -0.05) is 6.42 Å². The van der Waals surface area contributed by atoms with E-state index in [9.17, 15) is 0 Å². The molecule has 1 aliphatic carbocycles. The summed E-state index contributed by atoms with van der Waals surface area (Å²) in [6.45, 7) is 20.0. The number of ether oxygens (including phenoxy) is 2. The molecule has 1 saturated carbocycles. The molecule has 0 amide bonds. The van der Waals surface area contributed by atoms with Crippen LogP contribution in [-0.2, 0) is 9.47 Å². The van der Waals surface area contributed by atoms with E-state index in [0.29, 0.717) is 11.8 Å². The van der Waals surface area contributed by atoms with Crippen LogP contribution in [0.3, 0.4) is 0 Å². The molecule has 0 aromatic heterocycles. The van der Waals surface area contributed by atoms with E-state index >= 15 is 0 Å². The van der Waals surface area contributed by atoms with Gasteiger partial charge in [-0.25, -0.2) is 0 Å². The first-order valence-corrected chi connectivity index (χ1v) is 13.1. The minimum Gasteiger partial charge on any atom is -0.350 e. The van der Waals surface area contributed by atoms with Crippen LogP contribution in [0.1, 0.15) is 120 Å². The van der Waals surface area contributed by atoms with E-state index in [1.807, 2.05) is 0 Å². The Bertz CT molecular complexity index is 585. The summed E-state index contributed by atoms with van der Waals surface area (Å²) in [7, 11) is 0. The van der Waals surface area contributed by atoms with Crippen molar-refractivity contribution in [3.05, 3.63) is 0 Å². The minimum atomic E-state index is -0.338. The molecule has 4 nitrogen and oxygen atoms in total. The van der Waals surface area contributed by atoms with Gasteiger partial charge in [0.05, 0.1) is 12.2 Å². The molecule has 0 aromatic rings. The largest absolute Gasteiger partial charge is 0.350 e. The van der Waals surface area contributed by atoms with Crippen molar-refractivity contribution in [2.45, 2.75) is 153 Å². The number of nitrogens with one attached hydrogen (secondary N) is 2. The van der Waals surface area contributed by atoms with E-state index in [0.717, 1.165) is 25.9 Å². The lowest BCUT2D eigenvalue weighted by atomic mass is 9.58. The Morgan fingerprint density at radius 1 is 0.581 bits per heavy atom. The summed E-state index contributed by atoms with van der Waals surface area (Å²) in [5, 5.41) is 7.85. The van der Waals surface area contributed by atoms with Crippen LogP contribution in [-0.4, -0.2) is 40.2 Å². The Hall–Kier alpha value is -0.160. The molecule has 4 rings (SSSR count). The lowest BCUT2D eigenvalue weighted by molar-refractivity contribution is -0.368. The van der Waals surface area contributed by atoms with E-state index < -0.39 is 0 Å². The highest BCUT2D eigenvalue weighted by Gasteiger charge is 2.59. The summed E-state index contributed by atoms with van der Waals surface area (Å²) in [5.74, 6) is 0.766. The molecule has 0 unspecified atom stereocenters. The van der Waals surface area contributed by atoms with Crippen LogP contribution >= 0.6 is 0 Å². The molecule has 0 radical (unpaired) electrons. The predicted molar refractivity (Wildman–Crippen MR) is 128 cm³/mol. The van der Waals surface area contributed by atoms with E-state index in [1.54, 1.807) is 0 Å². The fraction of sp³-hybridized carbons (Fsp3) is 1.00. The molecular weight excluding hydrogens is 384 g/mol. The highest BCUT2D eigenvalue weighted by Crippen LogP contribution is 2.55. The maximum Gasteiger partial charge on any atom is 0.169 e. The smallest absolute Gasteiger partial charge is 0.169 e. The van der Waals surface area contributed by atoms with Crippen LogP contribution < -0.4 is 10.6 Å². The normalized spacial score (nSPS) is 34.5. The molecule has 180 valence electrons. The van der Waals surface area contributed by atoms with Crippen molar-refractivity contribution in [2.75, 3.05) is 6.61 Å². The van der Waals surface area contributed by atoms with Crippen molar-refractivity contribution in [3.8, 4) is 0 Å². The SMILES string of the molecule is CC1(C)CC(C2(C3CC(C)(C)NC(C)(C)C3)CCOC3(CCCCC3)O2)CC(C)(C)N1. The molecular formula is C27H50N2O2. The summed E-state index contributed by atoms with van der Waals surface area (Å²) < 4.78 is 14.0. The van der Waals surface area contributed by atoms with Crippen molar-refractivity contribution in [3.63, 3.8) is 0 Å². The van der Waals surface area contributed by atoms with Crippen LogP contribution in [0, 0.1) is 11.8 Å². The lowest BCUT2D eigenvalue weighted by Gasteiger charge is -2.62. The van der Waals surface area contributed by atoms with Crippen LogP contribution in [0.4, 0.5) is 0 Å². The second kappa shape index (κ2) is 7.68. The zero-order valence-electron chi connectivity index (χ0n) is 21.7. The molecule has 2 N–H and O–H groups in total. The summed E-state index contributed by atoms with van der Waals surface area (Å²) in [6, 6.07) is 0. The van der Waals surface area contributed by atoms with Gasteiger partial charge in [-0.2, -0.15) is 0 Å². The fourth-order valence-corrected chi connectivity index (χ4v) is 8.40. The predicted octanol–water partition coefficient (Wildman–Crippen LogP) is 5.94. The molecule has 1 spiro atoms. The number of hydrogen-bond acceptors (Lipinski definition) is 4. The van der Waals surface area contributed by atoms with Crippen LogP contribution in [0.25, 0.3) is 0 Å². The fourth-order valence-electron chi connectivity index (χ4n) is 8.40. The summed E-state index contributed by atoms with van der Waals surface area (Å²) in [6.07, 6.45) is 11.7. The quantitative estimate of drug-likeness (QED) is 0.565. The zero-order chi connectivity index (χ0) is 22.8. The van der Waals surface area contributed by atoms with Gasteiger partial charge in [0.2, 0.25) is 0 Å². The Balaban J connectivity index is 1.75. The van der Waals surface area contributed by atoms with Crippen molar-refractivity contribution in [2.24, 2.45) is 11.8 Å². The molecule has 4 fully saturated rings. The zero-order valence-corrected chi connectivity index (χ0v) is 21.7. The van der Waals surface area contributed by atoms with Gasteiger partial charge >= 0.3 is 0 Å². The first-order chi connectivity index (χ1) is 14.2. The molecule has 0 atom stereocenters. The summed E-state index contributed by atoms with van der Waals surface area (Å²) >= 11 is 0. The Morgan fingerprint density at radius 2 is 1.00 bits per heavy atom. The standard InChI is InChI=1S/C27H50N2O2/c1-22(2)16-20(17-23(3,4)28-22)27(21-18-24(5,6)29-25(7,8)19-21)14-15-30-26(31-27)12-10-9-11-13-26/h20-21,28-29H,9-19H2,1-8H3. The lowest BCUT2D eigenvalue weighted by Crippen LogP contribution is -2.69. The van der Waals surface area contributed by atoms with Gasteiger partial charge in [0.1, 0.15) is 0 Å². The number of hydrogen-bond donors (Lipinski definition) is 2. The molecule has 4 heteroatoms. The highest BCUT2D eigenvalue weighted by atomic mass is 16.7. The van der Waals surface area contributed by atoms with E-state index in [-0.39, 0.29) is 33.5 Å². The van der Waals surface area contributed by atoms with E-state index in [2.05, 4.69) is 66.0 Å². The van der Waals surface area contributed by atoms with Crippen molar-refractivity contribution >= 4 is 0 Å². The monoisotopic (exact) mass is 434 g/mol. The van der Waals surface area contributed by atoms with Gasteiger partial charge < -0.3 is 20.1 Å². The Labute approximate surface area is 192 Å². The molecule has 3 heterocycles. The Kier molecular flexibility index (Phi) is 5.94. The van der Waals surface area contributed by atoms with E-state index in [1.165, 1.54) is 44.9 Å². The van der Waals surface area contributed by atoms with Crippen LogP contribution in [0.2, 0.25) is 0 Å². The summed E-state index contributed by atoms with van der Waals surface area (Å²) in [4.78, 5) is 0. The van der Waals surface area contributed by atoms with Gasteiger partial charge in [-0.3, -0.25) is 0 Å². The molecule has 0 aromatic carbocycles. The van der Waals surface area contributed by atoms with Gasteiger partial charge in [-0.05, 0) is 106 Å². The highest BCUT2D eigenvalue weighted by molar-refractivity contribution is 5.11. The molecule has 31 heavy (non-hydrogen) atoms. The van der Waals surface area contributed by atoms with Crippen LogP contribution in [0.5, 0.6) is 0 Å². The number of piperidine rings is 2. The average Bonchev–Trinajstić information content (AvgIpc) is 2.57. The second-order valence-electron chi connectivity index (χ2n) is 14.1. The molecule has 4 aliphatic rings. The van der Waals surface area contributed by atoms with Crippen LogP contribution in [0.15, 0.2) is 0 Å². The van der Waals surface area contributed by atoms with Crippen molar-refractivity contribution in [1.29, 1.82) is 0 Å². The van der Waals surface area contributed by atoms with Crippen molar-refractivity contribution < 1.29 is 9.47 Å². The first-order valence-electron chi connectivity index (χ1n) is 13.1. The van der Waals surface area contributed by atoms with Gasteiger partial charge in [0.15, 0.2) is 5.79 Å². The maximum absolute atomic E-state index is 7.48. The van der Waals surface area contributed by atoms with E-state index in [4.69, 9.17) is 9.47 Å². The number of rotatable bonds is 2. The third kappa shape index (κ3) is 5.03. The topological polar surface area (TPSA) is 42.5 Å². The first kappa shape index (κ1) is 24.0. The average molecular weight is 435 g/mol.